The minimum atomic E-state index is 0. The molecule has 0 aromatic heterocycles. The Morgan fingerprint density at radius 3 is 1.50 bits per heavy atom. The molecule has 4 aromatic carbocycles. The molecule has 0 amide bonds. The van der Waals surface area contributed by atoms with Gasteiger partial charge >= 0.3 is 29.6 Å². The van der Waals surface area contributed by atoms with Crippen LogP contribution in [-0.2, 0) is 12.6 Å². The van der Waals surface area contributed by atoms with Crippen molar-refractivity contribution in [1.29, 1.82) is 0 Å². The van der Waals surface area contributed by atoms with E-state index in [2.05, 4.69) is 72.5 Å². The summed E-state index contributed by atoms with van der Waals surface area (Å²) in [5, 5.41) is 6.70. The molecule has 2 N–H and O–H groups in total. The minimum Gasteiger partial charge on any atom is -0.796 e. The summed E-state index contributed by atoms with van der Waals surface area (Å²) in [7, 11) is 0. The topological polar surface area (TPSA) is 24.1 Å². The fourth-order valence-electron chi connectivity index (χ4n) is 2.68. The molecule has 0 unspecified atom stereocenters. The second-order valence-electron chi connectivity index (χ2n) is 6.20. The molecule has 160 valence electrons. The molecule has 0 heterocycles. The summed E-state index contributed by atoms with van der Waals surface area (Å²) in [6, 6.07) is 36.5. The molecule has 2 nitrogen and oxygen atoms in total. The van der Waals surface area contributed by atoms with Gasteiger partial charge in [-0.15, -0.1) is 24.4 Å². The third kappa shape index (κ3) is 9.99. The van der Waals surface area contributed by atoms with Gasteiger partial charge in [0.15, 0.2) is 0 Å². The van der Waals surface area contributed by atoms with Crippen LogP contribution in [0, 0.1) is 0 Å². The number of nitrogens with one attached hydrogen (secondary N) is 2. The fraction of sp³-hybridized carbons (Fsp3) is 0.0769. The number of hydrogen-bond acceptors (Lipinski definition) is 5. The van der Waals surface area contributed by atoms with E-state index < -0.39 is 0 Å². The van der Waals surface area contributed by atoms with E-state index in [0.717, 1.165) is 27.6 Å². The van der Waals surface area contributed by atoms with Gasteiger partial charge in [-0.2, -0.15) is 6.26 Å². The standard InChI is InChI=1S/C13H13NS.C12H11NS.CH4S.Na/c1-15-13-10-6-5-9-12(13)14-11-7-3-2-4-8-11;14-12-9-5-4-8-11(12)13-10-6-2-1-3-7-10;1-2;/h2-10,14H,1H3;1-9,13-14H;2H,1H3;/q;;;+1/p-1. The van der Waals surface area contributed by atoms with Crippen molar-refractivity contribution in [2.75, 3.05) is 23.1 Å². The van der Waals surface area contributed by atoms with E-state index >= 15 is 0 Å². The summed E-state index contributed by atoms with van der Waals surface area (Å²) in [6.07, 6.45) is 3.67. The Hall–Kier alpha value is -1.47. The average molecular weight is 487 g/mol. The molecule has 0 saturated carbocycles. The number of benzene rings is 4. The second kappa shape index (κ2) is 17.1. The van der Waals surface area contributed by atoms with Crippen molar-refractivity contribution in [2.24, 2.45) is 0 Å². The first-order chi connectivity index (χ1) is 15.3. The molecule has 0 saturated heterocycles. The van der Waals surface area contributed by atoms with Crippen LogP contribution in [0.2, 0.25) is 0 Å². The second-order valence-corrected chi connectivity index (χ2v) is 7.53. The Kier molecular flexibility index (Phi) is 15.2. The Bertz CT molecular complexity index is 1020. The van der Waals surface area contributed by atoms with Gasteiger partial charge in [0.05, 0.1) is 11.4 Å². The Balaban J connectivity index is 0.000000289. The van der Waals surface area contributed by atoms with Gasteiger partial charge in [0, 0.05) is 21.2 Å². The first-order valence-corrected chi connectivity index (χ1v) is 12.2. The molecule has 0 aliphatic rings. The molecule has 6 heteroatoms. The monoisotopic (exact) mass is 486 g/mol. The molecule has 0 fully saturated rings. The zero-order valence-electron chi connectivity index (χ0n) is 18.7. The zero-order chi connectivity index (χ0) is 22.3. The van der Waals surface area contributed by atoms with E-state index in [1.807, 2.05) is 78.9 Å². The molecule has 4 aromatic rings. The van der Waals surface area contributed by atoms with Gasteiger partial charge in [-0.05, 0) is 54.8 Å². The normalized spacial score (nSPS) is 9.12. The summed E-state index contributed by atoms with van der Waals surface area (Å²) in [5.74, 6) is 0. The van der Waals surface area contributed by atoms with Gasteiger partial charge in [-0.25, -0.2) is 0 Å². The van der Waals surface area contributed by atoms with Crippen LogP contribution in [0.3, 0.4) is 0 Å². The maximum atomic E-state index is 4.37. The third-order valence-electron chi connectivity index (χ3n) is 4.12. The SMILES string of the molecule is CSc1ccccc1Nc1ccccc1.C[S-].Sc1ccccc1Nc1ccccc1.[Na+]. The average Bonchev–Trinajstić information content (AvgIpc) is 2.84. The van der Waals surface area contributed by atoms with Crippen molar-refractivity contribution in [3.05, 3.63) is 109 Å². The van der Waals surface area contributed by atoms with E-state index in [-0.39, 0.29) is 29.6 Å². The number of thiol groups is 1. The number of para-hydroxylation sites is 4. The summed E-state index contributed by atoms with van der Waals surface area (Å²) < 4.78 is 0. The molecular formula is C26H27N2NaS3. The van der Waals surface area contributed by atoms with Crippen LogP contribution in [-0.4, -0.2) is 12.5 Å². The van der Waals surface area contributed by atoms with Crippen molar-refractivity contribution in [3.8, 4) is 0 Å². The van der Waals surface area contributed by atoms with Crippen LogP contribution < -0.4 is 40.2 Å². The van der Waals surface area contributed by atoms with Crippen molar-refractivity contribution >= 4 is 59.8 Å². The van der Waals surface area contributed by atoms with Crippen molar-refractivity contribution in [2.45, 2.75) is 9.79 Å². The largest absolute Gasteiger partial charge is 1.00 e. The van der Waals surface area contributed by atoms with Crippen molar-refractivity contribution < 1.29 is 29.6 Å². The van der Waals surface area contributed by atoms with Gasteiger partial charge in [0.2, 0.25) is 0 Å². The van der Waals surface area contributed by atoms with Crippen LogP contribution in [0.15, 0.2) is 119 Å². The fourth-order valence-corrected chi connectivity index (χ4v) is 3.45. The van der Waals surface area contributed by atoms with Gasteiger partial charge in [-0.1, -0.05) is 60.7 Å². The summed E-state index contributed by atoms with van der Waals surface area (Å²) in [4.78, 5) is 2.22. The third-order valence-corrected chi connectivity index (χ3v) is 5.30. The van der Waals surface area contributed by atoms with E-state index in [1.54, 1.807) is 18.0 Å². The maximum absolute atomic E-state index is 4.37. The Morgan fingerprint density at radius 1 is 0.594 bits per heavy atom. The molecule has 0 aliphatic carbocycles. The van der Waals surface area contributed by atoms with Gasteiger partial charge < -0.3 is 23.3 Å². The molecule has 0 aliphatic heterocycles. The molecule has 32 heavy (non-hydrogen) atoms. The predicted octanol–water partition coefficient (Wildman–Crippen LogP) is 5.04. The van der Waals surface area contributed by atoms with E-state index in [4.69, 9.17) is 0 Å². The number of hydrogen-bond donors (Lipinski definition) is 3. The van der Waals surface area contributed by atoms with Crippen LogP contribution in [0.1, 0.15) is 0 Å². The van der Waals surface area contributed by atoms with Gasteiger partial charge in [0.1, 0.15) is 0 Å². The van der Waals surface area contributed by atoms with Crippen LogP contribution in [0.4, 0.5) is 22.7 Å². The molecular weight excluding hydrogens is 459 g/mol. The van der Waals surface area contributed by atoms with E-state index in [0.29, 0.717) is 0 Å². The van der Waals surface area contributed by atoms with Gasteiger partial charge in [-0.3, -0.25) is 0 Å². The van der Waals surface area contributed by atoms with Crippen LogP contribution in [0.25, 0.3) is 0 Å². The Morgan fingerprint density at radius 2 is 1.00 bits per heavy atom. The van der Waals surface area contributed by atoms with Crippen LogP contribution in [0.5, 0.6) is 0 Å². The summed E-state index contributed by atoms with van der Waals surface area (Å²) in [5.41, 5.74) is 4.39. The van der Waals surface area contributed by atoms with E-state index in [9.17, 15) is 0 Å². The molecule has 0 atom stereocenters. The molecule has 0 bridgehead atoms. The smallest absolute Gasteiger partial charge is 0.796 e. The number of rotatable bonds is 5. The van der Waals surface area contributed by atoms with Crippen LogP contribution >= 0.6 is 24.4 Å². The first-order valence-electron chi connectivity index (χ1n) is 9.72. The predicted molar refractivity (Wildman–Crippen MR) is 145 cm³/mol. The zero-order valence-corrected chi connectivity index (χ0v) is 23.2. The molecule has 4 rings (SSSR count). The minimum absolute atomic E-state index is 0. The number of anilines is 4. The Labute approximate surface area is 229 Å². The molecule has 0 spiro atoms. The van der Waals surface area contributed by atoms with Crippen molar-refractivity contribution in [3.63, 3.8) is 0 Å². The number of thioether (sulfide) groups is 1. The maximum Gasteiger partial charge on any atom is 1.00 e. The first kappa shape index (κ1) is 28.6. The summed E-state index contributed by atoms with van der Waals surface area (Å²) in [6.45, 7) is 0. The van der Waals surface area contributed by atoms with E-state index in [1.165, 1.54) is 4.90 Å². The quantitative estimate of drug-likeness (QED) is 0.159. The van der Waals surface area contributed by atoms with Gasteiger partial charge in [0.25, 0.3) is 0 Å². The van der Waals surface area contributed by atoms with Crippen molar-refractivity contribution in [1.82, 2.24) is 0 Å². The molecule has 0 radical (unpaired) electrons. The summed E-state index contributed by atoms with van der Waals surface area (Å²) >= 11 is 10.2.